The third-order valence-corrected chi connectivity index (χ3v) is 6.18. The van der Waals surface area contributed by atoms with E-state index in [2.05, 4.69) is 4.72 Å². The SMILES string of the molecule is Cc1ccc(C)c(S(=O)(=O)NCCC(=O)N2CC(CN)CC2C)c1. The molecule has 1 aromatic carbocycles. The molecule has 0 radical (unpaired) electrons. The van der Waals surface area contributed by atoms with Gasteiger partial charge >= 0.3 is 0 Å². The number of likely N-dealkylation sites (tertiary alicyclic amines) is 1. The van der Waals surface area contributed by atoms with E-state index in [0.717, 1.165) is 12.0 Å². The number of nitrogens with zero attached hydrogens (tertiary/aromatic N) is 1. The highest BCUT2D eigenvalue weighted by Crippen LogP contribution is 2.22. The van der Waals surface area contributed by atoms with Crippen molar-refractivity contribution in [2.24, 2.45) is 11.7 Å². The first-order chi connectivity index (χ1) is 11.2. The summed E-state index contributed by atoms with van der Waals surface area (Å²) in [5, 5.41) is 0. The van der Waals surface area contributed by atoms with Gasteiger partial charge in [0.05, 0.1) is 4.90 Å². The molecule has 0 aliphatic carbocycles. The van der Waals surface area contributed by atoms with Crippen LogP contribution in [0.25, 0.3) is 0 Å². The zero-order valence-corrected chi connectivity index (χ0v) is 15.4. The first-order valence-electron chi connectivity index (χ1n) is 8.31. The molecule has 2 atom stereocenters. The van der Waals surface area contributed by atoms with E-state index in [9.17, 15) is 13.2 Å². The molecule has 1 heterocycles. The van der Waals surface area contributed by atoms with Gasteiger partial charge in [0.1, 0.15) is 0 Å². The largest absolute Gasteiger partial charge is 0.340 e. The van der Waals surface area contributed by atoms with Crippen molar-refractivity contribution < 1.29 is 13.2 Å². The number of carbonyl (C=O) groups excluding carboxylic acids is 1. The minimum atomic E-state index is -3.60. The molecular weight excluding hydrogens is 326 g/mol. The fourth-order valence-electron chi connectivity index (χ4n) is 3.17. The lowest BCUT2D eigenvalue weighted by Crippen LogP contribution is -2.37. The van der Waals surface area contributed by atoms with Gasteiger partial charge in [-0.15, -0.1) is 0 Å². The van der Waals surface area contributed by atoms with Gasteiger partial charge in [-0.25, -0.2) is 13.1 Å². The van der Waals surface area contributed by atoms with Gasteiger partial charge in [0.2, 0.25) is 15.9 Å². The van der Waals surface area contributed by atoms with Crippen molar-refractivity contribution in [1.29, 1.82) is 0 Å². The van der Waals surface area contributed by atoms with Crippen molar-refractivity contribution in [1.82, 2.24) is 9.62 Å². The maximum Gasteiger partial charge on any atom is 0.240 e. The van der Waals surface area contributed by atoms with Crippen LogP contribution in [0.2, 0.25) is 0 Å². The second-order valence-corrected chi connectivity index (χ2v) is 8.38. The van der Waals surface area contributed by atoms with Crippen LogP contribution in [0.4, 0.5) is 0 Å². The van der Waals surface area contributed by atoms with E-state index >= 15 is 0 Å². The van der Waals surface area contributed by atoms with Gasteiger partial charge in [-0.05, 0) is 56.8 Å². The van der Waals surface area contributed by atoms with Crippen LogP contribution in [0, 0.1) is 19.8 Å². The van der Waals surface area contributed by atoms with E-state index in [1.54, 1.807) is 19.1 Å². The number of aryl methyl sites for hydroxylation is 2. The maximum atomic E-state index is 12.4. The van der Waals surface area contributed by atoms with E-state index in [1.807, 2.05) is 24.8 Å². The Bertz CT molecular complexity index is 703. The summed E-state index contributed by atoms with van der Waals surface area (Å²) in [6.07, 6.45) is 1.07. The topological polar surface area (TPSA) is 92.5 Å². The van der Waals surface area contributed by atoms with E-state index in [-0.39, 0.29) is 29.8 Å². The summed E-state index contributed by atoms with van der Waals surface area (Å²) in [7, 11) is -3.60. The van der Waals surface area contributed by atoms with Crippen molar-refractivity contribution in [3.05, 3.63) is 29.3 Å². The quantitative estimate of drug-likeness (QED) is 0.803. The molecule has 1 amide bonds. The van der Waals surface area contributed by atoms with Crippen molar-refractivity contribution in [2.45, 2.75) is 44.6 Å². The molecule has 3 N–H and O–H groups in total. The van der Waals surface area contributed by atoms with E-state index in [0.29, 0.717) is 24.6 Å². The number of nitrogens with two attached hydrogens (primary N) is 1. The highest BCUT2D eigenvalue weighted by Gasteiger charge is 2.31. The van der Waals surface area contributed by atoms with Crippen molar-refractivity contribution in [3.63, 3.8) is 0 Å². The number of amides is 1. The monoisotopic (exact) mass is 353 g/mol. The van der Waals surface area contributed by atoms with Crippen LogP contribution in [-0.2, 0) is 14.8 Å². The average molecular weight is 353 g/mol. The van der Waals surface area contributed by atoms with Gasteiger partial charge in [-0.1, -0.05) is 12.1 Å². The number of sulfonamides is 1. The molecule has 0 saturated carbocycles. The Labute approximate surface area is 144 Å². The number of hydrogen-bond acceptors (Lipinski definition) is 4. The van der Waals surface area contributed by atoms with E-state index in [1.165, 1.54) is 0 Å². The lowest BCUT2D eigenvalue weighted by Gasteiger charge is -2.21. The summed E-state index contributed by atoms with van der Waals surface area (Å²) in [5.41, 5.74) is 7.25. The summed E-state index contributed by atoms with van der Waals surface area (Å²) in [6, 6.07) is 5.48. The maximum absolute atomic E-state index is 12.4. The first-order valence-corrected chi connectivity index (χ1v) is 9.79. The minimum Gasteiger partial charge on any atom is -0.340 e. The zero-order chi connectivity index (χ0) is 17.9. The van der Waals surface area contributed by atoms with Gasteiger partial charge in [0, 0.05) is 25.6 Å². The molecule has 1 aliphatic heterocycles. The molecule has 0 bridgehead atoms. The Morgan fingerprint density at radius 3 is 2.71 bits per heavy atom. The molecule has 134 valence electrons. The molecule has 2 unspecified atom stereocenters. The fourth-order valence-corrected chi connectivity index (χ4v) is 4.53. The predicted molar refractivity (Wildman–Crippen MR) is 94.1 cm³/mol. The van der Waals surface area contributed by atoms with Gasteiger partial charge < -0.3 is 10.6 Å². The third-order valence-electron chi connectivity index (χ3n) is 4.58. The van der Waals surface area contributed by atoms with Gasteiger partial charge in [0.25, 0.3) is 0 Å². The first kappa shape index (κ1) is 18.9. The molecule has 1 aliphatic rings. The predicted octanol–water partition coefficient (Wildman–Crippen LogP) is 1.17. The number of nitrogens with one attached hydrogen (secondary N) is 1. The Morgan fingerprint density at radius 1 is 1.38 bits per heavy atom. The number of benzene rings is 1. The smallest absolute Gasteiger partial charge is 0.240 e. The normalized spacial score (nSPS) is 21.2. The van der Waals surface area contributed by atoms with Gasteiger partial charge in [-0.3, -0.25) is 4.79 Å². The summed E-state index contributed by atoms with van der Waals surface area (Å²) >= 11 is 0. The van der Waals surface area contributed by atoms with E-state index < -0.39 is 10.0 Å². The molecule has 0 spiro atoms. The Kier molecular flexibility index (Phi) is 6.01. The van der Waals surface area contributed by atoms with Crippen LogP contribution in [0.1, 0.15) is 30.9 Å². The fraction of sp³-hybridized carbons (Fsp3) is 0.588. The summed E-state index contributed by atoms with van der Waals surface area (Å²) < 4.78 is 27.4. The average Bonchev–Trinajstić information content (AvgIpc) is 2.90. The Morgan fingerprint density at radius 2 is 2.08 bits per heavy atom. The molecule has 7 heteroatoms. The summed E-state index contributed by atoms with van der Waals surface area (Å²) in [6.45, 7) is 6.97. The van der Waals surface area contributed by atoms with Gasteiger partial charge in [-0.2, -0.15) is 0 Å². The van der Waals surface area contributed by atoms with Crippen molar-refractivity contribution in [2.75, 3.05) is 19.6 Å². The second-order valence-electron chi connectivity index (χ2n) is 6.65. The minimum absolute atomic E-state index is 0.0258. The lowest BCUT2D eigenvalue weighted by molar-refractivity contribution is -0.131. The highest BCUT2D eigenvalue weighted by molar-refractivity contribution is 7.89. The zero-order valence-electron chi connectivity index (χ0n) is 14.6. The molecule has 1 saturated heterocycles. The van der Waals surface area contributed by atoms with Crippen LogP contribution in [0.15, 0.2) is 23.1 Å². The molecule has 0 aromatic heterocycles. The molecule has 6 nitrogen and oxygen atoms in total. The highest BCUT2D eigenvalue weighted by atomic mass is 32.2. The van der Waals surface area contributed by atoms with E-state index in [4.69, 9.17) is 5.73 Å². The molecule has 24 heavy (non-hydrogen) atoms. The third kappa shape index (κ3) is 4.34. The summed E-state index contributed by atoms with van der Waals surface area (Å²) in [5.74, 6) is 0.317. The van der Waals surface area contributed by atoms with Crippen LogP contribution in [0.3, 0.4) is 0 Å². The molecule has 2 rings (SSSR count). The lowest BCUT2D eigenvalue weighted by atomic mass is 10.1. The van der Waals surface area contributed by atoms with Crippen LogP contribution in [-0.4, -0.2) is 44.9 Å². The number of hydrogen-bond donors (Lipinski definition) is 2. The van der Waals surface area contributed by atoms with Crippen LogP contribution >= 0.6 is 0 Å². The van der Waals surface area contributed by atoms with Crippen LogP contribution in [0.5, 0.6) is 0 Å². The van der Waals surface area contributed by atoms with Crippen LogP contribution < -0.4 is 10.5 Å². The van der Waals surface area contributed by atoms with Crippen molar-refractivity contribution in [3.8, 4) is 0 Å². The Hall–Kier alpha value is -1.44. The molecule has 1 aromatic rings. The standard InChI is InChI=1S/C17H27N3O3S/c1-12-4-5-13(2)16(8-12)24(22,23)19-7-6-17(21)20-11-15(10-18)9-14(20)3/h4-5,8,14-15,19H,6-7,9-11,18H2,1-3H3. The molecule has 1 fully saturated rings. The number of rotatable bonds is 6. The second kappa shape index (κ2) is 7.63. The van der Waals surface area contributed by atoms with Gasteiger partial charge in [0.15, 0.2) is 0 Å². The van der Waals surface area contributed by atoms with Crippen molar-refractivity contribution >= 4 is 15.9 Å². The Balaban J connectivity index is 1.93. The summed E-state index contributed by atoms with van der Waals surface area (Å²) in [4.78, 5) is 14.4. The number of carbonyl (C=O) groups is 1. The molecular formula is C17H27N3O3S.